The molecular weight excluding hydrogens is 272 g/mol. The van der Waals surface area contributed by atoms with E-state index in [-0.39, 0.29) is 29.4 Å². The molecule has 0 heterocycles. The summed E-state index contributed by atoms with van der Waals surface area (Å²) in [6, 6.07) is 0. The summed E-state index contributed by atoms with van der Waals surface area (Å²) in [5, 5.41) is 0. The Hall–Kier alpha value is 1.54. The van der Waals surface area contributed by atoms with Crippen LogP contribution in [0.5, 0.6) is 0 Å². The first-order valence-corrected chi connectivity index (χ1v) is 1.73. The Labute approximate surface area is 55.9 Å². The number of hydrogen-bond acceptors (Lipinski definition) is 1. The Bertz CT molecular complexity index is 6.00. The van der Waals surface area contributed by atoms with E-state index in [4.69, 9.17) is 3.39 Å². The molecule has 2 nitrogen and oxygen atoms in total. The summed E-state index contributed by atoms with van der Waals surface area (Å²) in [4.78, 5) is 0. The second-order valence-electron chi connectivity index (χ2n) is 0. The van der Waals surface area contributed by atoms with Gasteiger partial charge in [0.25, 0.3) is 0 Å². The number of hydrogen-bond donors (Lipinski definition) is 1. The topological polar surface area (TPSA) is 51.7 Å². The van der Waals surface area contributed by atoms with E-state index in [1.165, 1.54) is 0 Å². The van der Waals surface area contributed by atoms with Gasteiger partial charge in [-0.25, -0.2) is 0 Å². The summed E-state index contributed by atoms with van der Waals surface area (Å²) in [5.41, 5.74) is 0. The third kappa shape index (κ3) is 9.64. The van der Waals surface area contributed by atoms with Crippen LogP contribution in [0.1, 0.15) is 0 Å². The molecule has 0 aromatic heterocycles. The molecule has 0 rings (SSSR count). The Balaban J connectivity index is -0.00000000500. The van der Waals surface area contributed by atoms with Gasteiger partial charge in [0.2, 0.25) is 0 Å². The van der Waals surface area contributed by atoms with E-state index in [9.17, 15) is 0 Å². The molecule has 0 saturated heterocycles. The van der Waals surface area contributed by atoms with Crippen LogP contribution in [0.25, 0.3) is 0 Å². The zero-order valence-electron chi connectivity index (χ0n) is 2.23. The molecule has 0 aliphatic rings. The molecule has 0 aliphatic heterocycles. The van der Waals surface area contributed by atoms with Crippen molar-refractivity contribution in [2.75, 3.05) is 0 Å². The fourth-order valence-electron chi connectivity index (χ4n) is 0. The van der Waals surface area contributed by atoms with E-state index in [1.54, 1.807) is 0 Å². The molecule has 0 aliphatic carbocycles. The Morgan fingerprint density at radius 1 is 1.25 bits per heavy atom. The van der Waals surface area contributed by atoms with E-state index >= 15 is 0 Å². The van der Waals surface area contributed by atoms with Crippen molar-refractivity contribution in [3.63, 3.8) is 0 Å². The first-order valence-electron chi connectivity index (χ1n) is 0.258. The van der Waals surface area contributed by atoms with Crippen LogP contribution in [0.15, 0.2) is 0 Å². The van der Waals surface area contributed by atoms with Crippen molar-refractivity contribution in [2.24, 2.45) is 0 Å². The molecule has 0 amide bonds. The molecule has 0 aromatic carbocycles. The van der Waals surface area contributed by atoms with Gasteiger partial charge in [0.05, 0.1) is 0 Å². The first-order chi connectivity index (χ1) is 1.00. The van der Waals surface area contributed by atoms with Gasteiger partial charge in [-0.1, -0.05) is 0 Å². The minimum absolute atomic E-state index is 0. The molecule has 0 atom stereocenters. The van der Waals surface area contributed by atoms with Crippen molar-refractivity contribution in [3.05, 3.63) is 0 Å². The molecule has 0 unspecified atom stereocenters. The average molecular weight is 280 g/mol. The Morgan fingerprint density at radius 2 is 1.25 bits per heavy atom. The first kappa shape index (κ1) is 17.7. The average Bonchev–Trinajstić information content (AvgIpc) is 1.00. The Kier molecular flexibility index (Phi) is 106. The fraction of sp³-hybridized carbons (Fsp3) is 0. The van der Waals surface area contributed by atoms with Crippen molar-refractivity contribution in [1.82, 2.24) is 0 Å². The fourth-order valence-corrected chi connectivity index (χ4v) is 0. The van der Waals surface area contributed by atoms with Gasteiger partial charge in [-0.3, -0.25) is 0 Å². The summed E-state index contributed by atoms with van der Waals surface area (Å²) in [6.07, 6.45) is 0. The third-order valence-electron chi connectivity index (χ3n) is 0. The van der Waals surface area contributed by atoms with Crippen molar-refractivity contribution in [1.29, 1.82) is 0 Å². The molecule has 0 spiro atoms. The summed E-state index contributed by atoms with van der Waals surface area (Å²) >= 11 is 0.350. The van der Waals surface area contributed by atoms with Crippen molar-refractivity contribution >= 4 is 47.3 Å². The van der Waals surface area contributed by atoms with Gasteiger partial charge >= 0.3 is 50.7 Å². The summed E-state index contributed by atoms with van der Waals surface area (Å²) in [6.45, 7) is 0. The standard InChI is InChI=1S/2H2O.Sb.Sn.4H/h2*1H2;;;;;;/q;;+1;;;;;/p-1. The maximum absolute atomic E-state index is 7.13. The third-order valence-corrected chi connectivity index (χ3v) is 0. The van der Waals surface area contributed by atoms with E-state index < -0.39 is 0 Å². The predicted molar refractivity (Wildman–Crippen MR) is 22.9 cm³/mol. The molecular formula is H7O2SbSn. The number of rotatable bonds is 0. The molecule has 28 valence electrons. The van der Waals surface area contributed by atoms with Gasteiger partial charge in [0, 0.05) is 0 Å². The van der Waals surface area contributed by atoms with Gasteiger partial charge in [-0.05, 0) is 0 Å². The zero-order chi connectivity index (χ0) is 2.00. The second kappa shape index (κ2) is 24.0. The van der Waals surface area contributed by atoms with Gasteiger partial charge in [0.1, 0.15) is 0 Å². The summed E-state index contributed by atoms with van der Waals surface area (Å²) in [7, 11) is 0. The molecule has 3 N–H and O–H groups in total. The van der Waals surface area contributed by atoms with Gasteiger partial charge in [-0.15, -0.1) is 0 Å². The van der Waals surface area contributed by atoms with Gasteiger partial charge in [0.15, 0.2) is 0 Å². The van der Waals surface area contributed by atoms with E-state index in [2.05, 4.69) is 0 Å². The van der Waals surface area contributed by atoms with Crippen LogP contribution in [-0.4, -0.2) is 56.2 Å². The van der Waals surface area contributed by atoms with Crippen molar-refractivity contribution in [2.45, 2.75) is 0 Å². The van der Waals surface area contributed by atoms with E-state index in [0.717, 1.165) is 0 Å². The second-order valence-corrected chi connectivity index (χ2v) is 0. The normalized spacial score (nSPS) is 1.50. The summed E-state index contributed by atoms with van der Waals surface area (Å²) in [5.74, 6) is 0. The van der Waals surface area contributed by atoms with Crippen LogP contribution >= 0.6 is 0 Å². The molecule has 0 aromatic rings. The molecule has 0 bridgehead atoms. The molecule has 2 radical (unpaired) electrons. The summed E-state index contributed by atoms with van der Waals surface area (Å²) < 4.78 is 7.13. The van der Waals surface area contributed by atoms with Gasteiger partial charge in [-0.2, -0.15) is 0 Å². The van der Waals surface area contributed by atoms with Crippen molar-refractivity contribution in [3.8, 4) is 0 Å². The van der Waals surface area contributed by atoms with E-state index in [1.807, 2.05) is 0 Å². The Morgan fingerprint density at radius 3 is 1.25 bits per heavy atom. The SMILES string of the molecule is O.[OH][SbH2].[SnH2]. The molecule has 0 saturated carbocycles. The molecule has 0 fully saturated rings. The van der Waals surface area contributed by atoms with E-state index in [0.29, 0.717) is 23.4 Å². The van der Waals surface area contributed by atoms with Crippen LogP contribution in [0.2, 0.25) is 0 Å². The predicted octanol–water partition coefficient (Wildman–Crippen LogP) is -3.21. The van der Waals surface area contributed by atoms with Crippen molar-refractivity contribution < 1.29 is 8.86 Å². The van der Waals surface area contributed by atoms with Crippen LogP contribution in [0.4, 0.5) is 0 Å². The maximum atomic E-state index is 7.13. The molecule has 4 heavy (non-hydrogen) atoms. The van der Waals surface area contributed by atoms with Crippen LogP contribution < -0.4 is 0 Å². The monoisotopic (exact) mass is 280 g/mol. The molecule has 4 heteroatoms. The zero-order valence-corrected chi connectivity index (χ0v) is 9.56. The van der Waals surface area contributed by atoms with Gasteiger partial charge < -0.3 is 5.48 Å². The van der Waals surface area contributed by atoms with Crippen LogP contribution in [0, 0.1) is 0 Å². The van der Waals surface area contributed by atoms with Crippen LogP contribution in [-0.2, 0) is 0 Å². The van der Waals surface area contributed by atoms with Crippen LogP contribution in [0.3, 0.4) is 0 Å². The quantitative estimate of drug-likeness (QED) is 0.466. The minimum atomic E-state index is 0.